The summed E-state index contributed by atoms with van der Waals surface area (Å²) in [5.41, 5.74) is 1.88. The second-order valence-electron chi connectivity index (χ2n) is 4.08. The molecule has 0 unspecified atom stereocenters. The number of aromatic nitrogens is 2. The Morgan fingerprint density at radius 2 is 2.11 bits per heavy atom. The Morgan fingerprint density at radius 3 is 2.67 bits per heavy atom. The fraction of sp³-hybridized carbons (Fsp3) is 0.583. The number of aryl methyl sites for hydroxylation is 1. The molecule has 0 amide bonds. The van der Waals surface area contributed by atoms with Gasteiger partial charge >= 0.3 is 11.7 Å². The number of methoxy groups -OCH3 is 1. The van der Waals surface area contributed by atoms with Gasteiger partial charge in [-0.1, -0.05) is 0 Å². The third-order valence-corrected chi connectivity index (χ3v) is 2.88. The van der Waals surface area contributed by atoms with Crippen molar-refractivity contribution < 1.29 is 14.6 Å². The van der Waals surface area contributed by atoms with Crippen LogP contribution >= 0.6 is 0 Å². The summed E-state index contributed by atoms with van der Waals surface area (Å²) in [6.07, 6.45) is 0.416. The largest absolute Gasteiger partial charge is 0.481 e. The lowest BCUT2D eigenvalue weighted by Crippen LogP contribution is -2.29. The predicted octanol–water partition coefficient (Wildman–Crippen LogP) is 0.524. The van der Waals surface area contributed by atoms with Crippen LogP contribution in [0.25, 0.3) is 0 Å². The van der Waals surface area contributed by atoms with Gasteiger partial charge < -0.3 is 9.84 Å². The first-order valence-electron chi connectivity index (χ1n) is 5.75. The lowest BCUT2D eigenvalue weighted by Gasteiger charge is -2.14. The van der Waals surface area contributed by atoms with Crippen molar-refractivity contribution in [2.45, 2.75) is 33.2 Å². The minimum absolute atomic E-state index is 0.0336. The minimum atomic E-state index is -0.858. The Bertz CT molecular complexity index is 494. The van der Waals surface area contributed by atoms with Gasteiger partial charge in [0.25, 0.3) is 0 Å². The lowest BCUT2D eigenvalue weighted by atomic mass is 10.1. The molecule has 0 aliphatic carbocycles. The monoisotopic (exact) mass is 254 g/mol. The van der Waals surface area contributed by atoms with Gasteiger partial charge in [-0.3, -0.25) is 9.36 Å². The SMILES string of the molecule is COCCn1c(C)c(CCC(=O)O)c(C)nc1=O. The van der Waals surface area contributed by atoms with E-state index in [1.807, 2.05) is 6.92 Å². The van der Waals surface area contributed by atoms with Crippen molar-refractivity contribution >= 4 is 5.97 Å². The topological polar surface area (TPSA) is 81.4 Å². The maximum absolute atomic E-state index is 11.7. The second-order valence-corrected chi connectivity index (χ2v) is 4.08. The van der Waals surface area contributed by atoms with Crippen molar-refractivity contribution in [3.8, 4) is 0 Å². The normalized spacial score (nSPS) is 10.6. The smallest absolute Gasteiger partial charge is 0.348 e. The number of hydrogen-bond donors (Lipinski definition) is 1. The van der Waals surface area contributed by atoms with E-state index in [1.54, 1.807) is 14.0 Å². The Kier molecular flexibility index (Phi) is 5.03. The van der Waals surface area contributed by atoms with Crippen molar-refractivity contribution in [2.24, 2.45) is 0 Å². The molecule has 0 aromatic carbocycles. The van der Waals surface area contributed by atoms with Crippen LogP contribution in [-0.2, 0) is 22.5 Å². The summed E-state index contributed by atoms with van der Waals surface area (Å²) in [6, 6.07) is 0. The summed E-state index contributed by atoms with van der Waals surface area (Å²) in [4.78, 5) is 26.3. The number of aliphatic carboxylic acids is 1. The molecule has 1 aromatic rings. The summed E-state index contributed by atoms with van der Waals surface area (Å²) in [5.74, 6) is -0.858. The van der Waals surface area contributed by atoms with E-state index in [9.17, 15) is 9.59 Å². The Morgan fingerprint density at radius 1 is 1.44 bits per heavy atom. The van der Waals surface area contributed by atoms with Crippen LogP contribution in [0.2, 0.25) is 0 Å². The number of ether oxygens (including phenoxy) is 1. The molecule has 0 aliphatic heterocycles. The molecule has 6 heteroatoms. The molecule has 100 valence electrons. The average Bonchev–Trinajstić information content (AvgIpc) is 2.27. The van der Waals surface area contributed by atoms with E-state index < -0.39 is 5.97 Å². The van der Waals surface area contributed by atoms with E-state index in [4.69, 9.17) is 9.84 Å². The number of carboxylic acid groups (broad SMARTS) is 1. The molecule has 0 fully saturated rings. The van der Waals surface area contributed by atoms with Crippen molar-refractivity contribution in [2.75, 3.05) is 13.7 Å². The molecule has 0 saturated carbocycles. The van der Waals surface area contributed by atoms with Gasteiger partial charge in [0.2, 0.25) is 0 Å². The summed E-state index contributed by atoms with van der Waals surface area (Å²) >= 11 is 0. The second kappa shape index (κ2) is 6.30. The van der Waals surface area contributed by atoms with Gasteiger partial charge in [0.05, 0.1) is 13.2 Å². The van der Waals surface area contributed by atoms with Crippen molar-refractivity contribution in [1.82, 2.24) is 9.55 Å². The molecule has 0 radical (unpaired) electrons. The lowest BCUT2D eigenvalue weighted by molar-refractivity contribution is -0.136. The standard InChI is InChI=1S/C12H18N2O4/c1-8-10(4-5-11(15)16)9(2)14(6-7-18-3)12(17)13-8/h4-7H2,1-3H3,(H,15,16). The zero-order valence-electron chi connectivity index (χ0n) is 10.9. The first-order valence-corrected chi connectivity index (χ1v) is 5.75. The van der Waals surface area contributed by atoms with Crippen LogP contribution in [0.3, 0.4) is 0 Å². The van der Waals surface area contributed by atoms with E-state index >= 15 is 0 Å². The molecule has 1 rings (SSSR count). The number of hydrogen-bond acceptors (Lipinski definition) is 4. The van der Waals surface area contributed by atoms with Crippen LogP contribution < -0.4 is 5.69 Å². The molecule has 0 bridgehead atoms. The molecular weight excluding hydrogens is 236 g/mol. The van der Waals surface area contributed by atoms with Crippen LogP contribution in [0.5, 0.6) is 0 Å². The van der Waals surface area contributed by atoms with E-state index in [1.165, 1.54) is 4.57 Å². The van der Waals surface area contributed by atoms with Crippen LogP contribution in [0.15, 0.2) is 4.79 Å². The molecule has 1 heterocycles. The Hall–Kier alpha value is -1.69. The number of nitrogens with zero attached hydrogens (tertiary/aromatic N) is 2. The third-order valence-electron chi connectivity index (χ3n) is 2.88. The first-order chi connectivity index (χ1) is 8.47. The van der Waals surface area contributed by atoms with Crippen LogP contribution in [-0.4, -0.2) is 34.3 Å². The van der Waals surface area contributed by atoms with Crippen molar-refractivity contribution in [3.05, 3.63) is 27.4 Å². The summed E-state index contributed by atoms with van der Waals surface area (Å²) in [7, 11) is 1.56. The van der Waals surface area contributed by atoms with Crippen molar-refractivity contribution in [3.63, 3.8) is 0 Å². The van der Waals surface area contributed by atoms with Gasteiger partial charge in [-0.2, -0.15) is 4.98 Å². The molecule has 6 nitrogen and oxygen atoms in total. The summed E-state index contributed by atoms with van der Waals surface area (Å²) in [6.45, 7) is 4.38. The predicted molar refractivity (Wildman–Crippen MR) is 65.8 cm³/mol. The molecule has 0 saturated heterocycles. The highest BCUT2D eigenvalue weighted by atomic mass is 16.5. The molecule has 18 heavy (non-hydrogen) atoms. The third kappa shape index (κ3) is 3.40. The van der Waals surface area contributed by atoms with E-state index in [0.29, 0.717) is 25.3 Å². The van der Waals surface area contributed by atoms with E-state index in [-0.39, 0.29) is 12.1 Å². The number of rotatable bonds is 6. The molecule has 1 N–H and O–H groups in total. The number of carbonyl (C=O) groups is 1. The van der Waals surface area contributed by atoms with Gasteiger partial charge in [-0.15, -0.1) is 0 Å². The zero-order chi connectivity index (χ0) is 13.7. The Balaban J connectivity index is 3.09. The maximum Gasteiger partial charge on any atom is 0.348 e. The quantitative estimate of drug-likeness (QED) is 0.800. The van der Waals surface area contributed by atoms with Crippen molar-refractivity contribution in [1.29, 1.82) is 0 Å². The summed E-state index contributed by atoms with van der Waals surface area (Å²) in [5, 5.41) is 8.71. The molecule has 0 aliphatic rings. The van der Waals surface area contributed by atoms with Crippen LogP contribution in [0, 0.1) is 13.8 Å². The molecular formula is C12H18N2O4. The van der Waals surface area contributed by atoms with Crippen LogP contribution in [0.1, 0.15) is 23.4 Å². The fourth-order valence-corrected chi connectivity index (χ4v) is 1.88. The maximum atomic E-state index is 11.7. The fourth-order valence-electron chi connectivity index (χ4n) is 1.88. The Labute approximate surface area is 105 Å². The highest BCUT2D eigenvalue weighted by Gasteiger charge is 2.12. The zero-order valence-corrected chi connectivity index (χ0v) is 10.9. The van der Waals surface area contributed by atoms with E-state index in [2.05, 4.69) is 4.98 Å². The number of carboxylic acids is 1. The van der Waals surface area contributed by atoms with Crippen LogP contribution in [0.4, 0.5) is 0 Å². The molecule has 0 atom stereocenters. The molecule has 1 aromatic heterocycles. The van der Waals surface area contributed by atoms with E-state index in [0.717, 1.165) is 11.3 Å². The summed E-state index contributed by atoms with van der Waals surface area (Å²) < 4.78 is 6.46. The highest BCUT2D eigenvalue weighted by molar-refractivity contribution is 5.67. The van der Waals surface area contributed by atoms with Gasteiger partial charge in [-0.25, -0.2) is 4.79 Å². The highest BCUT2D eigenvalue weighted by Crippen LogP contribution is 2.11. The average molecular weight is 254 g/mol. The minimum Gasteiger partial charge on any atom is -0.481 e. The molecule has 0 spiro atoms. The first kappa shape index (κ1) is 14.4. The van der Waals surface area contributed by atoms with Gasteiger partial charge in [0, 0.05) is 24.9 Å². The van der Waals surface area contributed by atoms with Gasteiger partial charge in [0.1, 0.15) is 0 Å². The van der Waals surface area contributed by atoms with Gasteiger partial charge in [-0.05, 0) is 25.8 Å². The van der Waals surface area contributed by atoms with Gasteiger partial charge in [0.15, 0.2) is 0 Å².